The molecule has 1 unspecified atom stereocenters. The third-order valence-corrected chi connectivity index (χ3v) is 3.88. The van der Waals surface area contributed by atoms with Gasteiger partial charge in [-0.15, -0.1) is 0 Å². The topological polar surface area (TPSA) is 37.4 Å². The number of nitrogens with zero attached hydrogens (tertiary/aromatic N) is 1. The number of likely N-dealkylation sites (N-methyl/N-ethyl adjacent to an activating group) is 1. The minimum absolute atomic E-state index is 0.0560. The first-order valence-corrected chi connectivity index (χ1v) is 7.00. The van der Waals surface area contributed by atoms with Gasteiger partial charge >= 0.3 is 6.18 Å². The number of alkyl halides is 3. The summed E-state index contributed by atoms with van der Waals surface area (Å²) in [4.78, 5) is 0. The van der Waals surface area contributed by atoms with Gasteiger partial charge in [0.15, 0.2) is 0 Å². The van der Waals surface area contributed by atoms with Crippen LogP contribution in [0.5, 0.6) is 0 Å². The number of hydrogen-bond donors (Lipinski definition) is 0. The molecule has 0 amide bonds. The van der Waals surface area contributed by atoms with Gasteiger partial charge < -0.3 is 0 Å². The summed E-state index contributed by atoms with van der Waals surface area (Å²) in [6.45, 7) is -0.619. The summed E-state index contributed by atoms with van der Waals surface area (Å²) in [5.74, 6) is -1.82. The summed E-state index contributed by atoms with van der Waals surface area (Å²) in [5, 5.41) is 0. The van der Waals surface area contributed by atoms with Gasteiger partial charge in [0.1, 0.15) is 0 Å². The molecule has 0 saturated heterocycles. The maximum absolute atomic E-state index is 12.9. The summed E-state index contributed by atoms with van der Waals surface area (Å²) in [7, 11) is -2.50. The molecule has 1 rings (SSSR count). The molecule has 0 saturated carbocycles. The number of rotatable bonds is 4. The minimum Gasteiger partial charge on any atom is -0.213 e. The molecule has 1 atom stereocenters. The number of benzene rings is 1. The highest BCUT2D eigenvalue weighted by Gasteiger charge is 2.42. The van der Waals surface area contributed by atoms with E-state index in [2.05, 4.69) is 0 Å². The van der Waals surface area contributed by atoms with Crippen LogP contribution in [0.1, 0.15) is 11.5 Å². The smallest absolute Gasteiger partial charge is 0.213 e. The van der Waals surface area contributed by atoms with Crippen LogP contribution in [0.3, 0.4) is 0 Å². The minimum atomic E-state index is -4.49. The van der Waals surface area contributed by atoms with Crippen molar-refractivity contribution in [3.63, 3.8) is 0 Å². The maximum atomic E-state index is 12.9. The van der Waals surface area contributed by atoms with Gasteiger partial charge in [0, 0.05) is 13.6 Å². The third-order valence-electron chi connectivity index (χ3n) is 2.60. The van der Waals surface area contributed by atoms with Crippen molar-refractivity contribution >= 4 is 10.0 Å². The second kappa shape index (κ2) is 5.27. The van der Waals surface area contributed by atoms with Crippen molar-refractivity contribution in [1.29, 1.82) is 0 Å². The number of halogens is 3. The normalized spacial score (nSPS) is 14.8. The third kappa shape index (κ3) is 3.99. The molecule has 102 valence electrons. The molecule has 0 radical (unpaired) electrons. The Morgan fingerprint density at radius 3 is 2.11 bits per heavy atom. The summed E-state index contributed by atoms with van der Waals surface area (Å²) >= 11 is 0. The van der Waals surface area contributed by atoms with Crippen molar-refractivity contribution in [2.75, 3.05) is 19.8 Å². The van der Waals surface area contributed by atoms with E-state index in [4.69, 9.17) is 0 Å². The average Bonchev–Trinajstić information content (AvgIpc) is 2.23. The van der Waals surface area contributed by atoms with Crippen LogP contribution in [0.25, 0.3) is 0 Å². The quantitative estimate of drug-likeness (QED) is 0.848. The maximum Gasteiger partial charge on any atom is 0.397 e. The molecule has 1 aromatic carbocycles. The van der Waals surface area contributed by atoms with Crippen molar-refractivity contribution in [3.05, 3.63) is 35.9 Å². The predicted molar refractivity (Wildman–Crippen MR) is 62.7 cm³/mol. The standard InChI is InChI=1S/C11H14F3NO2S/c1-15(18(2,16)17)8-10(11(12,13)14)9-6-4-3-5-7-9/h3-7,10H,8H2,1-2H3. The summed E-state index contributed by atoms with van der Waals surface area (Å²) in [5.41, 5.74) is 0.0560. The van der Waals surface area contributed by atoms with Gasteiger partial charge in [-0.2, -0.15) is 13.2 Å². The Morgan fingerprint density at radius 2 is 1.72 bits per heavy atom. The first kappa shape index (κ1) is 15.0. The molecule has 0 N–H and O–H groups in total. The molecule has 0 fully saturated rings. The van der Waals surface area contributed by atoms with Crippen LogP contribution in [-0.2, 0) is 10.0 Å². The Bertz CT molecular complexity index is 485. The Morgan fingerprint density at radius 1 is 1.22 bits per heavy atom. The van der Waals surface area contributed by atoms with E-state index in [9.17, 15) is 21.6 Å². The van der Waals surface area contributed by atoms with Crippen LogP contribution < -0.4 is 0 Å². The summed E-state index contributed by atoms with van der Waals surface area (Å²) in [6, 6.07) is 7.28. The highest BCUT2D eigenvalue weighted by atomic mass is 32.2. The molecular weight excluding hydrogens is 267 g/mol. The summed E-state index contributed by atoms with van der Waals surface area (Å²) in [6.07, 6.45) is -3.61. The fourth-order valence-corrected chi connectivity index (χ4v) is 1.90. The predicted octanol–water partition coefficient (Wildman–Crippen LogP) is 2.22. The molecule has 1 aromatic rings. The lowest BCUT2D eigenvalue weighted by molar-refractivity contribution is -0.151. The molecule has 7 heteroatoms. The monoisotopic (exact) mass is 281 g/mol. The first-order chi connectivity index (χ1) is 8.12. The molecular formula is C11H14F3NO2S. The fraction of sp³-hybridized carbons (Fsp3) is 0.455. The van der Waals surface area contributed by atoms with Gasteiger partial charge in [-0.3, -0.25) is 0 Å². The van der Waals surface area contributed by atoms with Gasteiger partial charge in [-0.05, 0) is 5.56 Å². The van der Waals surface area contributed by atoms with E-state index in [1.54, 1.807) is 6.07 Å². The van der Waals surface area contributed by atoms with Crippen molar-refractivity contribution < 1.29 is 21.6 Å². The van der Waals surface area contributed by atoms with Gasteiger partial charge in [0.25, 0.3) is 0 Å². The van der Waals surface area contributed by atoms with Crippen LogP contribution >= 0.6 is 0 Å². The van der Waals surface area contributed by atoms with E-state index < -0.39 is 28.7 Å². The van der Waals surface area contributed by atoms with Gasteiger partial charge in [-0.1, -0.05) is 30.3 Å². The van der Waals surface area contributed by atoms with Crippen molar-refractivity contribution in [1.82, 2.24) is 4.31 Å². The van der Waals surface area contributed by atoms with E-state index in [1.807, 2.05) is 0 Å². The van der Waals surface area contributed by atoms with Crippen LogP contribution in [-0.4, -0.2) is 38.7 Å². The van der Waals surface area contributed by atoms with E-state index in [0.717, 1.165) is 13.3 Å². The lowest BCUT2D eigenvalue weighted by atomic mass is 9.99. The second-order valence-corrected chi connectivity index (χ2v) is 6.14. The van der Waals surface area contributed by atoms with E-state index >= 15 is 0 Å². The first-order valence-electron chi connectivity index (χ1n) is 5.15. The number of sulfonamides is 1. The zero-order valence-corrected chi connectivity index (χ0v) is 10.8. The van der Waals surface area contributed by atoms with Crippen LogP contribution in [0.15, 0.2) is 30.3 Å². The molecule has 0 aliphatic heterocycles. The van der Waals surface area contributed by atoms with E-state index in [-0.39, 0.29) is 5.56 Å². The fourth-order valence-electron chi connectivity index (χ4n) is 1.48. The lowest BCUT2D eigenvalue weighted by Gasteiger charge is -2.25. The molecule has 3 nitrogen and oxygen atoms in total. The van der Waals surface area contributed by atoms with Crippen LogP contribution in [0, 0.1) is 0 Å². The van der Waals surface area contributed by atoms with Crippen molar-refractivity contribution in [3.8, 4) is 0 Å². The SMILES string of the molecule is CN(CC(c1ccccc1)C(F)(F)F)S(C)(=O)=O. The van der Waals surface area contributed by atoms with Gasteiger partial charge in [-0.25, -0.2) is 12.7 Å². The number of hydrogen-bond acceptors (Lipinski definition) is 2. The average molecular weight is 281 g/mol. The summed E-state index contributed by atoms with van der Waals surface area (Å²) < 4.78 is 61.9. The van der Waals surface area contributed by atoms with Crippen molar-refractivity contribution in [2.45, 2.75) is 12.1 Å². The Labute approximate surface area is 104 Å². The van der Waals surface area contributed by atoms with Gasteiger partial charge in [0.2, 0.25) is 10.0 Å². The Balaban J connectivity index is 3.03. The molecule has 0 heterocycles. The molecule has 0 spiro atoms. The second-order valence-electron chi connectivity index (χ2n) is 4.05. The largest absolute Gasteiger partial charge is 0.397 e. The van der Waals surface area contributed by atoms with Crippen LogP contribution in [0.4, 0.5) is 13.2 Å². The highest BCUT2D eigenvalue weighted by Crippen LogP contribution is 2.35. The Kier molecular flexibility index (Phi) is 4.39. The van der Waals surface area contributed by atoms with Gasteiger partial charge in [0.05, 0.1) is 12.2 Å². The van der Waals surface area contributed by atoms with E-state index in [0.29, 0.717) is 4.31 Å². The molecule has 0 aliphatic carbocycles. The molecule has 0 aliphatic rings. The van der Waals surface area contributed by atoms with E-state index in [1.165, 1.54) is 24.3 Å². The molecule has 0 aromatic heterocycles. The zero-order valence-electron chi connectivity index (χ0n) is 9.98. The highest BCUT2D eigenvalue weighted by molar-refractivity contribution is 7.88. The lowest BCUT2D eigenvalue weighted by Crippen LogP contribution is -2.36. The zero-order chi connectivity index (χ0) is 14.0. The molecule has 18 heavy (non-hydrogen) atoms. The Hall–Kier alpha value is -1.08. The molecule has 0 bridgehead atoms. The van der Waals surface area contributed by atoms with Crippen LogP contribution in [0.2, 0.25) is 0 Å². The van der Waals surface area contributed by atoms with Crippen molar-refractivity contribution in [2.24, 2.45) is 0 Å².